The molecule has 6 nitrogen and oxygen atoms in total. The van der Waals surface area contributed by atoms with Crippen LogP contribution in [-0.4, -0.2) is 36.1 Å². The average Bonchev–Trinajstić information content (AvgIpc) is 3.18. The number of fused-ring (bicyclic) bond motifs is 1. The molecule has 22 heavy (non-hydrogen) atoms. The molecule has 120 valence electrons. The Morgan fingerprint density at radius 3 is 2.77 bits per heavy atom. The van der Waals surface area contributed by atoms with E-state index in [1.807, 2.05) is 6.92 Å². The van der Waals surface area contributed by atoms with Crippen molar-refractivity contribution in [3.05, 3.63) is 23.7 Å². The van der Waals surface area contributed by atoms with Crippen LogP contribution in [0.25, 0.3) is 11.0 Å². The van der Waals surface area contributed by atoms with E-state index >= 15 is 0 Å². The number of phenols is 1. The van der Waals surface area contributed by atoms with Crippen LogP contribution >= 0.6 is 0 Å². The quantitative estimate of drug-likeness (QED) is 0.787. The summed E-state index contributed by atoms with van der Waals surface area (Å²) in [4.78, 5) is 0. The van der Waals surface area contributed by atoms with Crippen LogP contribution in [0.4, 0.5) is 10.1 Å². The lowest BCUT2D eigenvalue weighted by Crippen LogP contribution is -2.22. The second-order valence-corrected chi connectivity index (χ2v) is 5.16. The molecule has 1 atom stereocenters. The number of halogens is 1. The van der Waals surface area contributed by atoms with Gasteiger partial charge < -0.3 is 29.4 Å². The lowest BCUT2D eigenvalue weighted by Gasteiger charge is -2.15. The number of furan rings is 1. The molecule has 1 aliphatic rings. The molecule has 7 heteroatoms. The topological polar surface area (TPSA) is 84.1 Å². The van der Waals surface area contributed by atoms with E-state index in [1.54, 1.807) is 6.07 Å². The van der Waals surface area contributed by atoms with Crippen LogP contribution in [0, 0.1) is 5.82 Å². The first-order chi connectivity index (χ1) is 10.7. The fourth-order valence-corrected chi connectivity index (χ4v) is 2.46. The Morgan fingerprint density at radius 2 is 2.14 bits per heavy atom. The standard InChI is InChI=1S/C15H18FNO5/c1-2-8(6-18)17-11-7-22-14-9(11)5-10(13(19)12(14)16)15-20-3-4-21-15/h5,7-8,15,17-19H,2-4,6H2,1H3/t8-/m0/s1. The summed E-state index contributed by atoms with van der Waals surface area (Å²) in [6.45, 7) is 2.66. The molecular formula is C15H18FNO5. The molecule has 1 fully saturated rings. The molecule has 3 rings (SSSR count). The van der Waals surface area contributed by atoms with Crippen LogP contribution in [0.5, 0.6) is 5.75 Å². The summed E-state index contributed by atoms with van der Waals surface area (Å²) >= 11 is 0. The molecule has 1 saturated heterocycles. The SMILES string of the molecule is CC[C@@H](CO)Nc1coc2c(F)c(O)c(C3OCCO3)cc12. The number of hydrogen-bond donors (Lipinski definition) is 3. The van der Waals surface area contributed by atoms with Crippen molar-refractivity contribution in [2.45, 2.75) is 25.7 Å². The Balaban J connectivity index is 2.05. The molecule has 0 spiro atoms. The maximum absolute atomic E-state index is 14.3. The highest BCUT2D eigenvalue weighted by Crippen LogP contribution is 2.40. The number of hydrogen-bond acceptors (Lipinski definition) is 6. The highest BCUT2D eigenvalue weighted by Gasteiger charge is 2.27. The summed E-state index contributed by atoms with van der Waals surface area (Å²) in [5, 5.41) is 22.8. The van der Waals surface area contributed by atoms with E-state index in [-0.39, 0.29) is 23.8 Å². The smallest absolute Gasteiger partial charge is 0.208 e. The van der Waals surface area contributed by atoms with Gasteiger partial charge in [0.05, 0.1) is 31.1 Å². The van der Waals surface area contributed by atoms with Gasteiger partial charge in [-0.15, -0.1) is 0 Å². The normalized spacial score (nSPS) is 17.2. The third kappa shape index (κ3) is 2.51. The Labute approximate surface area is 126 Å². The van der Waals surface area contributed by atoms with E-state index < -0.39 is 17.9 Å². The van der Waals surface area contributed by atoms with Gasteiger partial charge in [-0.05, 0) is 12.5 Å². The molecular weight excluding hydrogens is 293 g/mol. The molecule has 0 saturated carbocycles. The van der Waals surface area contributed by atoms with Crippen LogP contribution in [0.2, 0.25) is 0 Å². The highest BCUT2D eigenvalue weighted by atomic mass is 19.1. The van der Waals surface area contributed by atoms with Crippen molar-refractivity contribution < 1.29 is 28.5 Å². The van der Waals surface area contributed by atoms with Crippen molar-refractivity contribution in [3.8, 4) is 5.75 Å². The molecule has 0 aliphatic carbocycles. The fraction of sp³-hybridized carbons (Fsp3) is 0.467. The minimum Gasteiger partial charge on any atom is -0.504 e. The zero-order valence-electron chi connectivity index (χ0n) is 12.1. The average molecular weight is 311 g/mol. The lowest BCUT2D eigenvalue weighted by atomic mass is 10.1. The fourth-order valence-electron chi connectivity index (χ4n) is 2.46. The van der Waals surface area contributed by atoms with Gasteiger partial charge in [0.2, 0.25) is 5.82 Å². The van der Waals surface area contributed by atoms with Gasteiger partial charge in [0, 0.05) is 11.4 Å². The number of aromatic hydroxyl groups is 1. The largest absolute Gasteiger partial charge is 0.504 e. The van der Waals surface area contributed by atoms with Crippen LogP contribution in [-0.2, 0) is 9.47 Å². The van der Waals surface area contributed by atoms with E-state index in [2.05, 4.69) is 5.32 Å². The van der Waals surface area contributed by atoms with Gasteiger partial charge in [-0.25, -0.2) is 0 Å². The molecule has 0 amide bonds. The van der Waals surface area contributed by atoms with Gasteiger partial charge in [-0.2, -0.15) is 4.39 Å². The van der Waals surface area contributed by atoms with Crippen molar-refractivity contribution in [1.29, 1.82) is 0 Å². The van der Waals surface area contributed by atoms with E-state index in [0.717, 1.165) is 0 Å². The number of nitrogens with one attached hydrogen (secondary N) is 1. The Hall–Kier alpha value is -1.83. The molecule has 0 unspecified atom stereocenters. The predicted octanol–water partition coefficient (Wildman–Crippen LogP) is 2.51. The van der Waals surface area contributed by atoms with Crippen LogP contribution < -0.4 is 5.32 Å². The second-order valence-electron chi connectivity index (χ2n) is 5.16. The number of rotatable bonds is 5. The van der Waals surface area contributed by atoms with Gasteiger partial charge in [0.25, 0.3) is 0 Å². The molecule has 0 radical (unpaired) electrons. The molecule has 1 aliphatic heterocycles. The minimum absolute atomic E-state index is 0.0467. The maximum atomic E-state index is 14.3. The van der Waals surface area contributed by atoms with Gasteiger partial charge in [-0.1, -0.05) is 6.92 Å². The molecule has 2 aromatic rings. The predicted molar refractivity (Wildman–Crippen MR) is 77.3 cm³/mol. The molecule has 0 bridgehead atoms. The number of phenolic OH excluding ortho intramolecular Hbond substituents is 1. The molecule has 3 N–H and O–H groups in total. The minimum atomic E-state index is -0.850. The molecule has 1 aromatic carbocycles. The van der Waals surface area contributed by atoms with Gasteiger partial charge >= 0.3 is 0 Å². The third-order valence-electron chi connectivity index (χ3n) is 3.76. The summed E-state index contributed by atoms with van der Waals surface area (Å²) < 4.78 is 30.1. The first-order valence-corrected chi connectivity index (χ1v) is 7.18. The Bertz CT molecular complexity index is 661. The number of benzene rings is 1. The van der Waals surface area contributed by atoms with Crippen molar-refractivity contribution in [1.82, 2.24) is 0 Å². The summed E-state index contributed by atoms with van der Waals surface area (Å²) in [6, 6.07) is 1.42. The monoisotopic (exact) mass is 311 g/mol. The first-order valence-electron chi connectivity index (χ1n) is 7.18. The summed E-state index contributed by atoms with van der Waals surface area (Å²) in [5.74, 6) is -1.38. The highest BCUT2D eigenvalue weighted by molar-refractivity contribution is 5.92. The summed E-state index contributed by atoms with van der Waals surface area (Å²) in [6.07, 6.45) is 1.28. The number of anilines is 1. The van der Waals surface area contributed by atoms with Crippen molar-refractivity contribution >= 4 is 16.7 Å². The van der Waals surface area contributed by atoms with Crippen LogP contribution in [0.15, 0.2) is 16.7 Å². The lowest BCUT2D eigenvalue weighted by molar-refractivity contribution is -0.0456. The van der Waals surface area contributed by atoms with E-state index in [0.29, 0.717) is 30.7 Å². The maximum Gasteiger partial charge on any atom is 0.208 e. The second kappa shape index (κ2) is 6.12. The zero-order chi connectivity index (χ0) is 15.7. The van der Waals surface area contributed by atoms with Crippen LogP contribution in [0.3, 0.4) is 0 Å². The summed E-state index contributed by atoms with van der Waals surface area (Å²) in [7, 11) is 0. The van der Waals surface area contributed by atoms with E-state index in [4.69, 9.17) is 13.9 Å². The van der Waals surface area contributed by atoms with Gasteiger partial charge in [0.1, 0.15) is 6.26 Å². The zero-order valence-corrected chi connectivity index (χ0v) is 12.1. The number of aliphatic hydroxyl groups is 1. The Kier molecular flexibility index (Phi) is 4.19. The van der Waals surface area contributed by atoms with E-state index in [1.165, 1.54) is 6.26 Å². The van der Waals surface area contributed by atoms with Crippen molar-refractivity contribution in [3.63, 3.8) is 0 Å². The van der Waals surface area contributed by atoms with Crippen molar-refractivity contribution in [2.75, 3.05) is 25.1 Å². The van der Waals surface area contributed by atoms with Crippen molar-refractivity contribution in [2.24, 2.45) is 0 Å². The van der Waals surface area contributed by atoms with E-state index in [9.17, 15) is 14.6 Å². The first kappa shape index (κ1) is 15.1. The number of aliphatic hydroxyl groups excluding tert-OH is 1. The van der Waals surface area contributed by atoms with Crippen LogP contribution in [0.1, 0.15) is 25.2 Å². The molecule has 2 heterocycles. The third-order valence-corrected chi connectivity index (χ3v) is 3.76. The van der Waals surface area contributed by atoms with Gasteiger partial charge in [0.15, 0.2) is 17.6 Å². The summed E-state index contributed by atoms with van der Waals surface area (Å²) in [5.41, 5.74) is 0.729. The van der Waals surface area contributed by atoms with Gasteiger partial charge in [-0.3, -0.25) is 0 Å². The number of ether oxygens (including phenoxy) is 2. The molecule has 1 aromatic heterocycles. The Morgan fingerprint density at radius 1 is 1.41 bits per heavy atom.